The van der Waals surface area contributed by atoms with Crippen molar-refractivity contribution in [2.75, 3.05) is 0 Å². The normalized spacial score (nSPS) is 10.9. The fourth-order valence-corrected chi connectivity index (χ4v) is 2.72. The molecule has 0 radical (unpaired) electrons. The number of halogens is 1. The zero-order valence-electron chi connectivity index (χ0n) is 12.5. The Labute approximate surface area is 136 Å². The largest absolute Gasteiger partial charge is 0.335 e. The Kier molecular flexibility index (Phi) is 3.66. The Balaban J connectivity index is 2.46. The van der Waals surface area contributed by atoms with Crippen molar-refractivity contribution in [3.63, 3.8) is 0 Å². The van der Waals surface area contributed by atoms with Crippen LogP contribution in [0.2, 0.25) is 0 Å². The van der Waals surface area contributed by atoms with Gasteiger partial charge in [-0.1, -0.05) is 18.2 Å². The Morgan fingerprint density at radius 3 is 2.43 bits per heavy atom. The molecule has 0 unspecified atom stereocenters. The standard InChI is InChI=1S/C17H13ClN2O3/c1-10-5-3-4-6-13(10)20-16(22)12-8-7-11(15(18)21)9-14(12)19(2)17(20)23/h3-9H,1-2H3. The Morgan fingerprint density at radius 2 is 1.78 bits per heavy atom. The number of benzene rings is 2. The molecule has 0 fully saturated rings. The summed E-state index contributed by atoms with van der Waals surface area (Å²) < 4.78 is 2.48. The molecule has 2 aromatic carbocycles. The van der Waals surface area contributed by atoms with E-state index in [2.05, 4.69) is 0 Å². The van der Waals surface area contributed by atoms with Gasteiger partial charge in [-0.2, -0.15) is 0 Å². The average Bonchev–Trinajstić information content (AvgIpc) is 2.54. The van der Waals surface area contributed by atoms with Crippen molar-refractivity contribution in [1.29, 1.82) is 0 Å². The number of rotatable bonds is 2. The summed E-state index contributed by atoms with van der Waals surface area (Å²) in [7, 11) is 1.56. The van der Waals surface area contributed by atoms with Gasteiger partial charge in [-0.25, -0.2) is 9.36 Å². The van der Waals surface area contributed by atoms with Crippen molar-refractivity contribution in [3.8, 4) is 5.69 Å². The van der Waals surface area contributed by atoms with Crippen LogP contribution < -0.4 is 11.2 Å². The van der Waals surface area contributed by atoms with Crippen LogP contribution in [0.25, 0.3) is 16.6 Å². The van der Waals surface area contributed by atoms with E-state index in [1.807, 2.05) is 19.1 Å². The van der Waals surface area contributed by atoms with Gasteiger partial charge >= 0.3 is 5.69 Å². The lowest BCUT2D eigenvalue weighted by atomic mass is 10.1. The number of para-hydroxylation sites is 1. The highest BCUT2D eigenvalue weighted by molar-refractivity contribution is 6.67. The highest BCUT2D eigenvalue weighted by Gasteiger charge is 2.15. The van der Waals surface area contributed by atoms with E-state index in [-0.39, 0.29) is 5.56 Å². The monoisotopic (exact) mass is 328 g/mol. The number of hydrogen-bond acceptors (Lipinski definition) is 3. The predicted molar refractivity (Wildman–Crippen MR) is 89.7 cm³/mol. The van der Waals surface area contributed by atoms with Crippen LogP contribution in [0.3, 0.4) is 0 Å². The van der Waals surface area contributed by atoms with Gasteiger partial charge in [0.15, 0.2) is 0 Å². The van der Waals surface area contributed by atoms with Crippen LogP contribution in [-0.4, -0.2) is 14.4 Å². The molecule has 0 saturated heterocycles. The number of fused-ring (bicyclic) bond motifs is 1. The topological polar surface area (TPSA) is 61.1 Å². The van der Waals surface area contributed by atoms with Gasteiger partial charge in [0.2, 0.25) is 0 Å². The molecule has 0 N–H and O–H groups in total. The van der Waals surface area contributed by atoms with E-state index in [1.165, 1.54) is 22.8 Å². The molecule has 3 aromatic rings. The summed E-state index contributed by atoms with van der Waals surface area (Å²) in [5.74, 6) is 0. The number of nitrogens with zero attached hydrogens (tertiary/aromatic N) is 2. The first kappa shape index (κ1) is 15.2. The van der Waals surface area contributed by atoms with Crippen LogP contribution in [0.1, 0.15) is 15.9 Å². The van der Waals surface area contributed by atoms with Crippen LogP contribution in [0.4, 0.5) is 0 Å². The Bertz CT molecular complexity index is 1060. The van der Waals surface area contributed by atoms with Crippen LogP contribution in [-0.2, 0) is 7.05 Å². The summed E-state index contributed by atoms with van der Waals surface area (Å²) in [5, 5.41) is -0.292. The van der Waals surface area contributed by atoms with E-state index in [0.29, 0.717) is 16.6 Å². The summed E-state index contributed by atoms with van der Waals surface area (Å²) in [6.07, 6.45) is 0. The van der Waals surface area contributed by atoms with Crippen LogP contribution in [0.15, 0.2) is 52.1 Å². The lowest BCUT2D eigenvalue weighted by molar-refractivity contribution is 0.108. The molecule has 0 aliphatic heterocycles. The molecule has 23 heavy (non-hydrogen) atoms. The molecule has 0 bridgehead atoms. The fraction of sp³-hybridized carbons (Fsp3) is 0.118. The molecule has 0 atom stereocenters. The molecule has 0 amide bonds. The number of aromatic nitrogens is 2. The lowest BCUT2D eigenvalue weighted by Crippen LogP contribution is -2.38. The second kappa shape index (κ2) is 5.52. The number of carbonyl (C=O) groups is 1. The van der Waals surface area contributed by atoms with Crippen molar-refractivity contribution in [2.45, 2.75) is 6.92 Å². The molecular weight excluding hydrogens is 316 g/mol. The first-order valence-corrected chi connectivity index (χ1v) is 7.31. The van der Waals surface area contributed by atoms with E-state index in [1.54, 1.807) is 19.2 Å². The molecule has 116 valence electrons. The van der Waals surface area contributed by atoms with E-state index >= 15 is 0 Å². The van der Waals surface area contributed by atoms with E-state index in [0.717, 1.165) is 10.1 Å². The maximum Gasteiger partial charge on any atom is 0.335 e. The molecule has 1 heterocycles. The second-order valence-corrected chi connectivity index (χ2v) is 5.62. The summed E-state index contributed by atoms with van der Waals surface area (Å²) in [6.45, 7) is 1.83. The first-order chi connectivity index (χ1) is 10.9. The molecule has 0 aliphatic rings. The maximum atomic E-state index is 12.8. The number of carbonyl (C=O) groups excluding carboxylic acids is 1. The number of hydrogen-bond donors (Lipinski definition) is 0. The smallest absolute Gasteiger partial charge is 0.296 e. The van der Waals surface area contributed by atoms with Crippen molar-refractivity contribution < 1.29 is 4.79 Å². The molecular formula is C17H13ClN2O3. The summed E-state index contributed by atoms with van der Waals surface area (Å²) in [4.78, 5) is 36.7. The Hall–Kier alpha value is -2.66. The minimum atomic E-state index is -0.637. The van der Waals surface area contributed by atoms with Gasteiger partial charge in [0.25, 0.3) is 10.8 Å². The molecule has 3 rings (SSSR count). The molecule has 1 aromatic heterocycles. The van der Waals surface area contributed by atoms with Crippen LogP contribution in [0, 0.1) is 6.92 Å². The predicted octanol–water partition coefficient (Wildman–Crippen LogP) is 2.38. The molecule has 0 spiro atoms. The van der Waals surface area contributed by atoms with Crippen LogP contribution >= 0.6 is 11.6 Å². The maximum absolute atomic E-state index is 12.8. The third kappa shape index (κ3) is 2.39. The van der Waals surface area contributed by atoms with E-state index in [4.69, 9.17) is 11.6 Å². The first-order valence-electron chi connectivity index (χ1n) is 6.93. The summed E-state index contributed by atoms with van der Waals surface area (Å²) in [6, 6.07) is 11.6. The van der Waals surface area contributed by atoms with Gasteiger partial charge < -0.3 is 0 Å². The zero-order valence-corrected chi connectivity index (χ0v) is 13.3. The fourth-order valence-electron chi connectivity index (χ4n) is 2.60. The molecule has 0 aliphatic carbocycles. The SMILES string of the molecule is Cc1ccccc1-n1c(=O)c2ccc(C(=O)Cl)cc2n(C)c1=O. The van der Waals surface area contributed by atoms with Crippen LogP contribution in [0.5, 0.6) is 0 Å². The minimum Gasteiger partial charge on any atom is -0.296 e. The zero-order chi connectivity index (χ0) is 16.7. The highest BCUT2D eigenvalue weighted by Crippen LogP contribution is 2.15. The molecule has 5 nitrogen and oxygen atoms in total. The molecule has 0 saturated carbocycles. The lowest BCUT2D eigenvalue weighted by Gasteiger charge is -2.12. The summed E-state index contributed by atoms with van der Waals surface area (Å²) >= 11 is 5.47. The minimum absolute atomic E-state index is 0.238. The van der Waals surface area contributed by atoms with Gasteiger partial charge in [-0.05, 0) is 48.4 Å². The van der Waals surface area contributed by atoms with Gasteiger partial charge in [-0.3, -0.25) is 14.2 Å². The molecule has 6 heteroatoms. The number of aryl methyl sites for hydroxylation is 2. The third-order valence-electron chi connectivity index (χ3n) is 3.85. The van der Waals surface area contributed by atoms with Gasteiger partial charge in [0, 0.05) is 12.6 Å². The third-order valence-corrected chi connectivity index (χ3v) is 4.07. The van der Waals surface area contributed by atoms with Gasteiger partial charge in [-0.15, -0.1) is 0 Å². The van der Waals surface area contributed by atoms with Gasteiger partial charge in [0.1, 0.15) is 0 Å². The van der Waals surface area contributed by atoms with E-state index < -0.39 is 16.5 Å². The van der Waals surface area contributed by atoms with Crippen molar-refractivity contribution >= 4 is 27.7 Å². The summed E-state index contributed by atoms with van der Waals surface area (Å²) in [5.41, 5.74) is 1.07. The van der Waals surface area contributed by atoms with Crippen molar-refractivity contribution in [1.82, 2.24) is 9.13 Å². The average molecular weight is 329 g/mol. The van der Waals surface area contributed by atoms with E-state index in [9.17, 15) is 14.4 Å². The highest BCUT2D eigenvalue weighted by atomic mass is 35.5. The quantitative estimate of drug-likeness (QED) is 0.679. The Morgan fingerprint density at radius 1 is 1.09 bits per heavy atom. The van der Waals surface area contributed by atoms with Gasteiger partial charge in [0.05, 0.1) is 16.6 Å². The van der Waals surface area contributed by atoms with Crippen molar-refractivity contribution in [3.05, 3.63) is 74.4 Å². The second-order valence-electron chi connectivity index (χ2n) is 5.27. The van der Waals surface area contributed by atoms with Crippen molar-refractivity contribution in [2.24, 2.45) is 7.05 Å².